The van der Waals surface area contributed by atoms with Crippen molar-refractivity contribution in [3.63, 3.8) is 0 Å². The van der Waals surface area contributed by atoms with Crippen molar-refractivity contribution in [2.75, 3.05) is 11.1 Å². The molecule has 2 aromatic heterocycles. The highest BCUT2D eigenvalue weighted by atomic mass is 32.1. The SMILES string of the molecule is Cc1csc(NC(=O)c2cc(N)n[nH]2)n1. The van der Waals surface area contributed by atoms with Crippen molar-refractivity contribution in [3.05, 3.63) is 22.8 Å². The second kappa shape index (κ2) is 3.70. The molecule has 0 bridgehead atoms. The zero-order valence-electron chi connectivity index (χ0n) is 7.94. The van der Waals surface area contributed by atoms with Crippen LogP contribution in [-0.2, 0) is 0 Å². The van der Waals surface area contributed by atoms with E-state index < -0.39 is 0 Å². The lowest BCUT2D eigenvalue weighted by atomic mass is 10.4. The number of H-pyrrole nitrogens is 1. The smallest absolute Gasteiger partial charge is 0.275 e. The van der Waals surface area contributed by atoms with Gasteiger partial charge in [0.2, 0.25) is 0 Å². The molecule has 0 unspecified atom stereocenters. The highest BCUT2D eigenvalue weighted by molar-refractivity contribution is 7.13. The van der Waals surface area contributed by atoms with E-state index in [1.165, 1.54) is 17.4 Å². The number of nitrogens with one attached hydrogen (secondary N) is 2. The Kier molecular flexibility index (Phi) is 2.38. The molecule has 0 aliphatic carbocycles. The van der Waals surface area contributed by atoms with E-state index >= 15 is 0 Å². The molecule has 0 fully saturated rings. The van der Waals surface area contributed by atoms with Gasteiger partial charge in [0.15, 0.2) is 5.13 Å². The third-order valence-electron chi connectivity index (χ3n) is 1.68. The Bertz CT molecular complexity index is 489. The monoisotopic (exact) mass is 223 g/mol. The largest absolute Gasteiger partial charge is 0.382 e. The quantitative estimate of drug-likeness (QED) is 0.707. The number of nitrogen functional groups attached to an aromatic ring is 1. The number of aromatic amines is 1. The van der Waals surface area contributed by atoms with E-state index in [9.17, 15) is 4.79 Å². The number of nitrogens with zero attached hydrogens (tertiary/aromatic N) is 2. The molecule has 4 N–H and O–H groups in total. The first-order valence-electron chi connectivity index (χ1n) is 4.19. The number of hydrogen-bond donors (Lipinski definition) is 3. The fourth-order valence-corrected chi connectivity index (χ4v) is 1.71. The summed E-state index contributed by atoms with van der Waals surface area (Å²) in [5, 5.41) is 11.2. The molecule has 2 rings (SSSR count). The van der Waals surface area contributed by atoms with Crippen LogP contribution in [0.2, 0.25) is 0 Å². The molecule has 0 atom stereocenters. The van der Waals surface area contributed by atoms with Gasteiger partial charge in [-0.1, -0.05) is 0 Å². The molecule has 0 saturated carbocycles. The van der Waals surface area contributed by atoms with Gasteiger partial charge >= 0.3 is 0 Å². The van der Waals surface area contributed by atoms with Gasteiger partial charge in [-0.25, -0.2) is 4.98 Å². The Labute approximate surface area is 89.5 Å². The lowest BCUT2D eigenvalue weighted by Gasteiger charge is -1.96. The van der Waals surface area contributed by atoms with Gasteiger partial charge < -0.3 is 5.73 Å². The molecule has 2 heterocycles. The molecule has 78 valence electrons. The second-order valence-electron chi connectivity index (χ2n) is 2.95. The molecule has 1 amide bonds. The standard InChI is InChI=1S/C8H9N5OS/c1-4-3-15-8(10-4)11-7(14)5-2-6(9)13-12-5/h2-3H,1H3,(H3,9,12,13)(H,10,11,14). The maximum absolute atomic E-state index is 11.6. The summed E-state index contributed by atoms with van der Waals surface area (Å²) in [6.45, 7) is 1.86. The maximum atomic E-state index is 11.6. The summed E-state index contributed by atoms with van der Waals surface area (Å²) >= 11 is 1.37. The number of thiazole rings is 1. The zero-order valence-corrected chi connectivity index (χ0v) is 8.76. The van der Waals surface area contributed by atoms with Gasteiger partial charge in [-0.3, -0.25) is 15.2 Å². The minimum atomic E-state index is -0.298. The predicted octanol–water partition coefficient (Wildman–Crippen LogP) is 1.01. The van der Waals surface area contributed by atoms with E-state index in [2.05, 4.69) is 20.5 Å². The molecule has 15 heavy (non-hydrogen) atoms. The van der Waals surface area contributed by atoms with Crippen LogP contribution in [0.1, 0.15) is 16.2 Å². The van der Waals surface area contributed by atoms with Gasteiger partial charge in [0.05, 0.1) is 5.69 Å². The Hall–Kier alpha value is -1.89. The van der Waals surface area contributed by atoms with E-state index in [0.717, 1.165) is 5.69 Å². The Morgan fingerprint density at radius 3 is 3.00 bits per heavy atom. The van der Waals surface area contributed by atoms with E-state index in [4.69, 9.17) is 5.73 Å². The lowest BCUT2D eigenvalue weighted by Crippen LogP contribution is -2.12. The molecule has 0 radical (unpaired) electrons. The number of anilines is 2. The number of carbonyl (C=O) groups is 1. The first kappa shape index (κ1) is 9.66. The average Bonchev–Trinajstić information content (AvgIpc) is 2.75. The number of aromatic nitrogens is 3. The molecule has 0 aliphatic rings. The molecular weight excluding hydrogens is 214 g/mol. The zero-order chi connectivity index (χ0) is 10.8. The Morgan fingerprint density at radius 2 is 2.47 bits per heavy atom. The first-order valence-corrected chi connectivity index (χ1v) is 5.07. The molecule has 0 saturated heterocycles. The van der Waals surface area contributed by atoms with Crippen molar-refractivity contribution in [2.45, 2.75) is 6.92 Å². The topological polar surface area (TPSA) is 96.7 Å². The van der Waals surface area contributed by atoms with E-state index in [0.29, 0.717) is 10.8 Å². The number of aryl methyl sites for hydroxylation is 1. The highest BCUT2D eigenvalue weighted by Crippen LogP contribution is 2.15. The van der Waals surface area contributed by atoms with E-state index in [1.807, 2.05) is 12.3 Å². The van der Waals surface area contributed by atoms with Crippen molar-refractivity contribution in [3.8, 4) is 0 Å². The maximum Gasteiger partial charge on any atom is 0.275 e. The average molecular weight is 223 g/mol. The number of carbonyl (C=O) groups excluding carboxylic acids is 1. The van der Waals surface area contributed by atoms with Crippen LogP contribution in [-0.4, -0.2) is 21.1 Å². The summed E-state index contributed by atoms with van der Waals surface area (Å²) < 4.78 is 0. The molecule has 0 aliphatic heterocycles. The molecule has 0 spiro atoms. The fourth-order valence-electron chi connectivity index (χ4n) is 1.03. The van der Waals surface area contributed by atoms with Crippen LogP contribution in [0.15, 0.2) is 11.4 Å². The van der Waals surface area contributed by atoms with Gasteiger partial charge in [0, 0.05) is 11.4 Å². The van der Waals surface area contributed by atoms with Gasteiger partial charge in [0.25, 0.3) is 5.91 Å². The van der Waals surface area contributed by atoms with Crippen LogP contribution in [0.5, 0.6) is 0 Å². The number of hydrogen-bond acceptors (Lipinski definition) is 5. The van der Waals surface area contributed by atoms with Crippen LogP contribution in [0.3, 0.4) is 0 Å². The normalized spacial score (nSPS) is 10.2. The van der Waals surface area contributed by atoms with Crippen molar-refractivity contribution < 1.29 is 4.79 Å². The summed E-state index contributed by atoms with van der Waals surface area (Å²) in [5.41, 5.74) is 6.57. The Morgan fingerprint density at radius 1 is 1.67 bits per heavy atom. The number of rotatable bonds is 2. The summed E-state index contributed by atoms with van der Waals surface area (Å²) in [6.07, 6.45) is 0. The van der Waals surface area contributed by atoms with Crippen molar-refractivity contribution in [1.29, 1.82) is 0 Å². The van der Waals surface area contributed by atoms with Crippen molar-refractivity contribution in [1.82, 2.24) is 15.2 Å². The fraction of sp³-hybridized carbons (Fsp3) is 0.125. The van der Waals surface area contributed by atoms with Crippen LogP contribution in [0.4, 0.5) is 10.9 Å². The summed E-state index contributed by atoms with van der Waals surface area (Å²) in [5.74, 6) is -0.0102. The summed E-state index contributed by atoms with van der Waals surface area (Å²) in [4.78, 5) is 15.7. The van der Waals surface area contributed by atoms with Gasteiger partial charge in [-0.15, -0.1) is 11.3 Å². The third-order valence-corrected chi connectivity index (χ3v) is 2.56. The van der Waals surface area contributed by atoms with Gasteiger partial charge in [-0.2, -0.15) is 5.10 Å². The molecule has 0 aromatic carbocycles. The first-order chi connectivity index (χ1) is 7.15. The van der Waals surface area contributed by atoms with Crippen molar-refractivity contribution in [2.24, 2.45) is 0 Å². The lowest BCUT2D eigenvalue weighted by molar-refractivity contribution is 0.102. The van der Waals surface area contributed by atoms with Crippen LogP contribution in [0.25, 0.3) is 0 Å². The predicted molar refractivity (Wildman–Crippen MR) is 57.8 cm³/mol. The summed E-state index contributed by atoms with van der Waals surface area (Å²) in [6, 6.07) is 1.47. The molecular formula is C8H9N5OS. The minimum Gasteiger partial charge on any atom is -0.382 e. The van der Waals surface area contributed by atoms with Gasteiger partial charge in [-0.05, 0) is 6.92 Å². The van der Waals surface area contributed by atoms with Crippen molar-refractivity contribution >= 4 is 28.2 Å². The molecule has 6 nitrogen and oxygen atoms in total. The van der Waals surface area contributed by atoms with E-state index in [1.54, 1.807) is 0 Å². The number of nitrogens with two attached hydrogens (primary N) is 1. The highest BCUT2D eigenvalue weighted by Gasteiger charge is 2.10. The minimum absolute atomic E-state index is 0.287. The number of amides is 1. The Balaban J connectivity index is 2.10. The molecule has 2 aromatic rings. The van der Waals surface area contributed by atoms with E-state index in [-0.39, 0.29) is 11.7 Å². The second-order valence-corrected chi connectivity index (χ2v) is 3.81. The van der Waals surface area contributed by atoms with Crippen LogP contribution >= 0.6 is 11.3 Å². The molecule has 7 heteroatoms. The third kappa shape index (κ3) is 2.13. The summed E-state index contributed by atoms with van der Waals surface area (Å²) in [7, 11) is 0. The van der Waals surface area contributed by atoms with Crippen LogP contribution < -0.4 is 11.1 Å². The van der Waals surface area contributed by atoms with Crippen LogP contribution in [0, 0.1) is 6.92 Å². The van der Waals surface area contributed by atoms with Gasteiger partial charge in [0.1, 0.15) is 11.5 Å².